The number of methoxy groups -OCH3 is 2. The van der Waals surface area contributed by atoms with E-state index in [1.807, 2.05) is 79.0 Å². The SMILES string of the molecule is COc1cc(Cn2cc(COc3cccc(/C=C4\C(=O)Nc5ccccc54)c3)nn2)cc(OC)c1. The molecule has 8 nitrogen and oxygen atoms in total. The summed E-state index contributed by atoms with van der Waals surface area (Å²) in [5.74, 6) is 2.01. The summed E-state index contributed by atoms with van der Waals surface area (Å²) in [4.78, 5) is 12.4. The van der Waals surface area contributed by atoms with Gasteiger partial charge < -0.3 is 19.5 Å². The summed E-state index contributed by atoms with van der Waals surface area (Å²) < 4.78 is 18.3. The van der Waals surface area contributed by atoms with Crippen LogP contribution in [0, 0.1) is 0 Å². The molecule has 176 valence electrons. The number of hydrogen-bond donors (Lipinski definition) is 1. The van der Waals surface area contributed by atoms with Crippen LogP contribution >= 0.6 is 0 Å². The molecular weight excluding hydrogens is 444 g/mol. The Balaban J connectivity index is 1.26. The number of nitrogens with one attached hydrogen (secondary N) is 1. The lowest BCUT2D eigenvalue weighted by molar-refractivity contribution is -0.110. The van der Waals surface area contributed by atoms with Crippen LogP contribution in [0.1, 0.15) is 22.4 Å². The lowest BCUT2D eigenvalue weighted by atomic mass is 10.0. The molecule has 2 heterocycles. The van der Waals surface area contributed by atoms with E-state index in [-0.39, 0.29) is 12.5 Å². The highest BCUT2D eigenvalue weighted by molar-refractivity contribution is 6.34. The van der Waals surface area contributed by atoms with Gasteiger partial charge in [-0.2, -0.15) is 0 Å². The molecule has 0 saturated carbocycles. The second-order valence-electron chi connectivity index (χ2n) is 8.05. The summed E-state index contributed by atoms with van der Waals surface area (Å²) in [5.41, 5.74) is 4.92. The number of nitrogens with zero attached hydrogens (tertiary/aromatic N) is 3. The first-order valence-corrected chi connectivity index (χ1v) is 11.1. The summed E-state index contributed by atoms with van der Waals surface area (Å²) >= 11 is 0. The standard InChI is InChI=1S/C27H24N4O4/c1-33-22-11-19(12-23(14-22)34-2)15-31-16-20(29-30-31)17-35-21-7-5-6-18(10-21)13-25-24-8-3-4-9-26(24)28-27(25)32/h3-14,16H,15,17H2,1-2H3,(H,28,32)/b25-13-. The lowest BCUT2D eigenvalue weighted by Crippen LogP contribution is -2.03. The van der Waals surface area contributed by atoms with Crippen molar-refractivity contribution in [3.05, 3.63) is 95.3 Å². The second-order valence-corrected chi connectivity index (χ2v) is 8.05. The smallest absolute Gasteiger partial charge is 0.256 e. The van der Waals surface area contributed by atoms with Crippen molar-refractivity contribution >= 4 is 23.2 Å². The highest BCUT2D eigenvalue weighted by Gasteiger charge is 2.23. The van der Waals surface area contributed by atoms with Crippen molar-refractivity contribution in [3.63, 3.8) is 0 Å². The third kappa shape index (κ3) is 5.01. The highest BCUT2D eigenvalue weighted by Crippen LogP contribution is 2.33. The number of anilines is 1. The molecule has 0 spiro atoms. The van der Waals surface area contributed by atoms with E-state index in [2.05, 4.69) is 15.6 Å². The van der Waals surface area contributed by atoms with E-state index < -0.39 is 0 Å². The van der Waals surface area contributed by atoms with Gasteiger partial charge in [0, 0.05) is 22.9 Å². The average Bonchev–Trinajstić information content (AvgIpc) is 3.46. The highest BCUT2D eigenvalue weighted by atomic mass is 16.5. The minimum Gasteiger partial charge on any atom is -0.497 e. The van der Waals surface area contributed by atoms with Crippen LogP contribution in [0.2, 0.25) is 0 Å². The molecular formula is C27H24N4O4. The van der Waals surface area contributed by atoms with E-state index in [0.717, 1.165) is 33.9 Å². The van der Waals surface area contributed by atoms with Gasteiger partial charge in [-0.05, 0) is 47.5 Å². The normalized spacial score (nSPS) is 13.4. The molecule has 35 heavy (non-hydrogen) atoms. The maximum absolute atomic E-state index is 12.4. The number of benzene rings is 3. The van der Waals surface area contributed by atoms with Gasteiger partial charge in [0.05, 0.1) is 27.0 Å². The van der Waals surface area contributed by atoms with Crippen LogP contribution in [-0.2, 0) is 17.9 Å². The number of hydrogen-bond acceptors (Lipinski definition) is 6. The fraction of sp³-hybridized carbons (Fsp3) is 0.148. The predicted octanol–water partition coefficient (Wildman–Crippen LogP) is 4.42. The molecule has 8 heteroatoms. The van der Waals surface area contributed by atoms with Crippen LogP contribution in [-0.4, -0.2) is 35.1 Å². The Labute approximate surface area is 202 Å². The van der Waals surface area contributed by atoms with Crippen LogP contribution in [0.15, 0.2) is 72.9 Å². The summed E-state index contributed by atoms with van der Waals surface area (Å²) in [6.07, 6.45) is 3.71. The van der Waals surface area contributed by atoms with E-state index in [0.29, 0.717) is 23.6 Å². The van der Waals surface area contributed by atoms with E-state index in [1.165, 1.54) is 0 Å². The molecule has 0 bridgehead atoms. The zero-order valence-electron chi connectivity index (χ0n) is 19.4. The first kappa shape index (κ1) is 22.2. The zero-order valence-corrected chi connectivity index (χ0v) is 19.4. The first-order chi connectivity index (χ1) is 17.1. The number of carbonyl (C=O) groups excluding carboxylic acids is 1. The van der Waals surface area contributed by atoms with Gasteiger partial charge in [0.2, 0.25) is 0 Å². The summed E-state index contributed by atoms with van der Waals surface area (Å²) in [6.45, 7) is 0.790. The fourth-order valence-corrected chi connectivity index (χ4v) is 3.93. The number of para-hydroxylation sites is 1. The fourth-order valence-electron chi connectivity index (χ4n) is 3.93. The van der Waals surface area contributed by atoms with Crippen LogP contribution in [0.4, 0.5) is 5.69 Å². The van der Waals surface area contributed by atoms with Gasteiger partial charge in [0.15, 0.2) is 0 Å². The molecule has 0 atom stereocenters. The average molecular weight is 469 g/mol. The maximum atomic E-state index is 12.4. The quantitative estimate of drug-likeness (QED) is 0.385. The molecule has 0 unspecified atom stereocenters. The molecule has 0 saturated heterocycles. The number of aromatic nitrogens is 3. The minimum atomic E-state index is -0.109. The van der Waals surface area contributed by atoms with E-state index in [4.69, 9.17) is 14.2 Å². The largest absolute Gasteiger partial charge is 0.497 e. The van der Waals surface area contributed by atoms with Gasteiger partial charge in [-0.15, -0.1) is 5.10 Å². The molecule has 0 aliphatic carbocycles. The Morgan fingerprint density at radius 2 is 1.74 bits per heavy atom. The third-order valence-electron chi connectivity index (χ3n) is 5.61. The van der Waals surface area contributed by atoms with Crippen molar-refractivity contribution in [2.45, 2.75) is 13.2 Å². The monoisotopic (exact) mass is 468 g/mol. The van der Waals surface area contributed by atoms with E-state index >= 15 is 0 Å². The van der Waals surface area contributed by atoms with Crippen molar-refractivity contribution in [3.8, 4) is 17.2 Å². The van der Waals surface area contributed by atoms with Gasteiger partial charge in [-0.1, -0.05) is 35.5 Å². The van der Waals surface area contributed by atoms with E-state index in [1.54, 1.807) is 18.9 Å². The van der Waals surface area contributed by atoms with Crippen molar-refractivity contribution in [1.82, 2.24) is 15.0 Å². The molecule has 0 fully saturated rings. The number of fused-ring (bicyclic) bond motifs is 1. The third-order valence-corrected chi connectivity index (χ3v) is 5.61. The lowest BCUT2D eigenvalue weighted by Gasteiger charge is -2.08. The van der Waals surface area contributed by atoms with Gasteiger partial charge in [-0.25, -0.2) is 4.68 Å². The molecule has 3 aromatic carbocycles. The van der Waals surface area contributed by atoms with Crippen LogP contribution in [0.3, 0.4) is 0 Å². The first-order valence-electron chi connectivity index (χ1n) is 11.1. The number of amides is 1. The zero-order chi connectivity index (χ0) is 24.2. The minimum absolute atomic E-state index is 0.109. The van der Waals surface area contributed by atoms with Crippen molar-refractivity contribution < 1.29 is 19.0 Å². The Hall–Kier alpha value is -4.59. The topological polar surface area (TPSA) is 87.5 Å². The molecule has 5 rings (SSSR count). The van der Waals surface area contributed by atoms with Crippen molar-refractivity contribution in [2.75, 3.05) is 19.5 Å². The molecule has 1 N–H and O–H groups in total. The van der Waals surface area contributed by atoms with Crippen molar-refractivity contribution in [1.29, 1.82) is 0 Å². The van der Waals surface area contributed by atoms with Gasteiger partial charge in [-0.3, -0.25) is 4.79 Å². The number of rotatable bonds is 8. The summed E-state index contributed by atoms with van der Waals surface area (Å²) in [7, 11) is 3.24. The molecule has 1 aliphatic rings. The van der Waals surface area contributed by atoms with E-state index in [9.17, 15) is 4.79 Å². The van der Waals surface area contributed by atoms with Gasteiger partial charge in [0.1, 0.15) is 29.5 Å². The number of carbonyl (C=O) groups is 1. The molecule has 1 aliphatic heterocycles. The van der Waals surface area contributed by atoms with Crippen LogP contribution in [0.5, 0.6) is 17.2 Å². The van der Waals surface area contributed by atoms with Gasteiger partial charge in [0.25, 0.3) is 5.91 Å². The van der Waals surface area contributed by atoms with Gasteiger partial charge >= 0.3 is 0 Å². The maximum Gasteiger partial charge on any atom is 0.256 e. The Morgan fingerprint density at radius 3 is 2.54 bits per heavy atom. The predicted molar refractivity (Wildman–Crippen MR) is 132 cm³/mol. The van der Waals surface area contributed by atoms with Crippen molar-refractivity contribution in [2.24, 2.45) is 0 Å². The van der Waals surface area contributed by atoms with Crippen LogP contribution in [0.25, 0.3) is 11.6 Å². The number of ether oxygens (including phenoxy) is 3. The van der Waals surface area contributed by atoms with Crippen LogP contribution < -0.4 is 19.5 Å². The molecule has 1 aromatic heterocycles. The molecule has 0 radical (unpaired) electrons. The summed E-state index contributed by atoms with van der Waals surface area (Å²) in [5, 5.41) is 11.3. The Kier molecular flexibility index (Phi) is 6.17. The Bertz CT molecular complexity index is 1390. The molecule has 1 amide bonds. The summed E-state index contributed by atoms with van der Waals surface area (Å²) in [6, 6.07) is 20.9. The second kappa shape index (κ2) is 9.72. The Morgan fingerprint density at radius 1 is 0.943 bits per heavy atom. The molecule has 4 aromatic rings.